The summed E-state index contributed by atoms with van der Waals surface area (Å²) in [5, 5.41) is 19.4. The van der Waals surface area contributed by atoms with Gasteiger partial charge in [-0.2, -0.15) is 10.5 Å². The van der Waals surface area contributed by atoms with E-state index in [1.54, 1.807) is 0 Å². The Hall–Kier alpha value is -2.06. The largest absolute Gasteiger partial charge is 0.192 e. The molecule has 0 N–H and O–H groups in total. The van der Waals surface area contributed by atoms with Crippen LogP contribution in [-0.4, -0.2) is 0 Å². The second-order valence-electron chi connectivity index (χ2n) is 7.49. The zero-order valence-corrected chi connectivity index (χ0v) is 12.6. The highest BCUT2D eigenvalue weighted by atomic mass is 14.5. The van der Waals surface area contributed by atoms with Crippen molar-refractivity contribution in [1.29, 1.82) is 10.5 Å². The molecule has 4 atom stereocenters. The third kappa shape index (κ3) is 1.43. The Kier molecular flexibility index (Phi) is 2.40. The fraction of sp³-hybridized carbons (Fsp3) is 0.500. The molecule has 3 fully saturated rings. The van der Waals surface area contributed by atoms with E-state index < -0.39 is 0 Å². The summed E-state index contributed by atoms with van der Waals surface area (Å²) in [6, 6.07) is 4.71. The van der Waals surface area contributed by atoms with Crippen LogP contribution in [0.4, 0.5) is 0 Å². The van der Waals surface area contributed by atoms with Gasteiger partial charge in [-0.25, -0.2) is 0 Å². The molecule has 0 heterocycles. The quantitative estimate of drug-likeness (QED) is 0.664. The Bertz CT molecular complexity index is 791. The lowest BCUT2D eigenvalue weighted by molar-refractivity contribution is 0.640. The van der Waals surface area contributed by atoms with Crippen molar-refractivity contribution >= 4 is 0 Å². The SMILES string of the molecule is N#CC1=C(\C#N)C2=C(\C=C3/C(=C\1)C1CCC3C1)C1CCC2C1. The summed E-state index contributed by atoms with van der Waals surface area (Å²) >= 11 is 0. The van der Waals surface area contributed by atoms with Crippen molar-refractivity contribution in [3.05, 3.63) is 45.6 Å². The molecule has 0 aromatic carbocycles. The first-order chi connectivity index (χ1) is 10.8. The van der Waals surface area contributed by atoms with Gasteiger partial charge in [0.25, 0.3) is 0 Å². The lowest BCUT2D eigenvalue weighted by atomic mass is 9.79. The summed E-state index contributed by atoms with van der Waals surface area (Å²) in [6.07, 6.45) is 12.0. The molecular weight excluding hydrogens is 268 g/mol. The summed E-state index contributed by atoms with van der Waals surface area (Å²) in [6.45, 7) is 0. The Morgan fingerprint density at radius 3 is 2.14 bits per heavy atom. The zero-order valence-electron chi connectivity index (χ0n) is 12.6. The molecule has 4 bridgehead atoms. The van der Waals surface area contributed by atoms with Gasteiger partial charge in [0.1, 0.15) is 12.1 Å². The highest BCUT2D eigenvalue weighted by Crippen LogP contribution is 2.57. The molecule has 2 heteroatoms. The van der Waals surface area contributed by atoms with Gasteiger partial charge in [0, 0.05) is 0 Å². The normalized spacial score (nSPS) is 45.9. The average Bonchev–Trinajstić information content (AvgIpc) is 3.26. The second-order valence-corrected chi connectivity index (χ2v) is 7.49. The highest BCUT2D eigenvalue weighted by Gasteiger charge is 2.44. The van der Waals surface area contributed by atoms with Gasteiger partial charge >= 0.3 is 0 Å². The van der Waals surface area contributed by atoms with Gasteiger partial charge in [-0.15, -0.1) is 0 Å². The van der Waals surface area contributed by atoms with Gasteiger partial charge in [-0.05, 0) is 90.6 Å². The number of rotatable bonds is 0. The fourth-order valence-corrected chi connectivity index (χ4v) is 5.69. The van der Waals surface area contributed by atoms with Crippen LogP contribution in [0.25, 0.3) is 0 Å². The summed E-state index contributed by atoms with van der Waals surface area (Å²) in [7, 11) is 0. The molecule has 0 aromatic heterocycles. The van der Waals surface area contributed by atoms with Crippen LogP contribution in [0.2, 0.25) is 0 Å². The summed E-state index contributed by atoms with van der Waals surface area (Å²) < 4.78 is 0. The number of fused-ring (bicyclic) bond motifs is 9. The maximum atomic E-state index is 9.71. The highest BCUT2D eigenvalue weighted by molar-refractivity contribution is 5.65. The van der Waals surface area contributed by atoms with Crippen molar-refractivity contribution in [2.75, 3.05) is 0 Å². The number of nitrogens with zero attached hydrogens (tertiary/aromatic N) is 2. The molecule has 3 saturated carbocycles. The van der Waals surface area contributed by atoms with E-state index in [0.717, 1.165) is 0 Å². The predicted molar refractivity (Wildman–Crippen MR) is 83.1 cm³/mol. The van der Waals surface area contributed by atoms with Crippen LogP contribution in [0.5, 0.6) is 0 Å². The first-order valence-corrected chi connectivity index (χ1v) is 8.52. The molecule has 5 aliphatic rings. The Morgan fingerprint density at radius 1 is 0.773 bits per heavy atom. The molecule has 5 aliphatic carbocycles. The first kappa shape index (κ1) is 12.5. The monoisotopic (exact) mass is 286 g/mol. The van der Waals surface area contributed by atoms with E-state index >= 15 is 0 Å². The predicted octanol–water partition coefficient (Wildman–Crippen LogP) is 4.35. The van der Waals surface area contributed by atoms with Crippen LogP contribution >= 0.6 is 0 Å². The lowest BCUT2D eigenvalue weighted by Crippen LogP contribution is -2.11. The topological polar surface area (TPSA) is 47.6 Å². The van der Waals surface area contributed by atoms with Gasteiger partial charge in [0.05, 0.1) is 11.1 Å². The zero-order chi connectivity index (χ0) is 14.8. The molecule has 0 aromatic rings. The molecule has 0 spiro atoms. The molecular formula is C20H18N2. The van der Waals surface area contributed by atoms with Crippen molar-refractivity contribution in [1.82, 2.24) is 0 Å². The van der Waals surface area contributed by atoms with E-state index in [1.165, 1.54) is 60.8 Å². The number of nitriles is 2. The average molecular weight is 286 g/mol. The molecule has 2 nitrogen and oxygen atoms in total. The van der Waals surface area contributed by atoms with Crippen molar-refractivity contribution in [2.24, 2.45) is 23.7 Å². The molecule has 4 unspecified atom stereocenters. The van der Waals surface area contributed by atoms with Gasteiger partial charge in [-0.3, -0.25) is 0 Å². The van der Waals surface area contributed by atoms with Crippen LogP contribution in [-0.2, 0) is 0 Å². The van der Waals surface area contributed by atoms with Crippen molar-refractivity contribution in [3.8, 4) is 12.1 Å². The summed E-state index contributed by atoms with van der Waals surface area (Å²) in [4.78, 5) is 0. The lowest BCUT2D eigenvalue weighted by Gasteiger charge is -2.24. The summed E-state index contributed by atoms with van der Waals surface area (Å²) in [5.41, 5.74) is 6.80. The van der Waals surface area contributed by atoms with Crippen molar-refractivity contribution in [3.63, 3.8) is 0 Å². The fourth-order valence-electron chi connectivity index (χ4n) is 5.69. The van der Waals surface area contributed by atoms with E-state index in [2.05, 4.69) is 24.3 Å². The van der Waals surface area contributed by atoms with Crippen molar-refractivity contribution in [2.45, 2.75) is 38.5 Å². The molecule has 0 amide bonds. The Balaban J connectivity index is 1.80. The van der Waals surface area contributed by atoms with E-state index in [9.17, 15) is 10.5 Å². The Morgan fingerprint density at radius 2 is 1.41 bits per heavy atom. The third-order valence-electron chi connectivity index (χ3n) is 6.62. The number of hydrogen-bond donors (Lipinski definition) is 0. The minimum absolute atomic E-state index is 0.517. The number of hydrogen-bond acceptors (Lipinski definition) is 2. The standard InChI is InChI=1S/C20H18N2/c21-9-15-7-16-11-1-2-12(5-11)17(16)8-18-13-3-4-14(6-13)20(18)19(15)10-22/h7-8,11-14H,1-6H2/b15-7?,16-7-,17-8-,18-8?,19-15+,20-19?. The molecule has 22 heavy (non-hydrogen) atoms. The molecule has 0 saturated heterocycles. The molecule has 5 rings (SSSR count). The minimum Gasteiger partial charge on any atom is -0.192 e. The maximum absolute atomic E-state index is 9.71. The van der Waals surface area contributed by atoms with Crippen LogP contribution in [0.1, 0.15) is 38.5 Å². The van der Waals surface area contributed by atoms with Gasteiger partial charge in [0.2, 0.25) is 0 Å². The molecule has 0 aliphatic heterocycles. The van der Waals surface area contributed by atoms with Gasteiger partial charge in [0.15, 0.2) is 0 Å². The molecule has 0 radical (unpaired) electrons. The van der Waals surface area contributed by atoms with E-state index in [1.807, 2.05) is 0 Å². The van der Waals surface area contributed by atoms with E-state index in [0.29, 0.717) is 34.8 Å². The van der Waals surface area contributed by atoms with Crippen LogP contribution < -0.4 is 0 Å². The second kappa shape index (κ2) is 4.23. The van der Waals surface area contributed by atoms with Crippen molar-refractivity contribution < 1.29 is 0 Å². The first-order valence-electron chi connectivity index (χ1n) is 8.52. The summed E-state index contributed by atoms with van der Waals surface area (Å²) in [5.74, 6) is 2.48. The minimum atomic E-state index is 0.517. The van der Waals surface area contributed by atoms with E-state index in [4.69, 9.17) is 0 Å². The number of allylic oxidation sites excluding steroid dienone is 8. The van der Waals surface area contributed by atoms with Crippen LogP contribution in [0, 0.1) is 46.3 Å². The molecule has 108 valence electrons. The Labute approximate surface area is 131 Å². The van der Waals surface area contributed by atoms with Crippen LogP contribution in [0.15, 0.2) is 45.6 Å². The van der Waals surface area contributed by atoms with E-state index in [-0.39, 0.29) is 0 Å². The third-order valence-corrected chi connectivity index (χ3v) is 6.62. The van der Waals surface area contributed by atoms with Gasteiger partial charge < -0.3 is 0 Å². The smallest absolute Gasteiger partial charge is 0.101 e. The van der Waals surface area contributed by atoms with Crippen LogP contribution in [0.3, 0.4) is 0 Å². The maximum Gasteiger partial charge on any atom is 0.101 e. The van der Waals surface area contributed by atoms with Gasteiger partial charge in [-0.1, -0.05) is 6.08 Å².